The molecule has 3 nitrogen and oxygen atoms in total. The average molecular weight is 266 g/mol. The van der Waals surface area contributed by atoms with Crippen LogP contribution in [0.15, 0.2) is 35.7 Å². The van der Waals surface area contributed by atoms with E-state index in [9.17, 15) is 9.18 Å². The zero-order chi connectivity index (χ0) is 13.7. The van der Waals surface area contributed by atoms with E-state index in [4.69, 9.17) is 9.47 Å². The predicted molar refractivity (Wildman–Crippen MR) is 70.2 cm³/mol. The van der Waals surface area contributed by atoms with Crippen LogP contribution >= 0.6 is 0 Å². The number of halogens is 1. The maximum Gasteiger partial charge on any atom is 0.194 e. The van der Waals surface area contributed by atoms with Gasteiger partial charge in [-0.25, -0.2) is 4.39 Å². The molecule has 4 heteroatoms. The molecule has 0 bridgehead atoms. The summed E-state index contributed by atoms with van der Waals surface area (Å²) in [4.78, 5) is 12.2. The van der Waals surface area contributed by atoms with Crippen LogP contribution in [0, 0.1) is 0 Å². The van der Waals surface area contributed by atoms with Gasteiger partial charge in [-0.1, -0.05) is 18.2 Å². The molecule has 2 unspecified atom stereocenters. The number of rotatable bonds is 4. The van der Waals surface area contributed by atoms with Crippen LogP contribution in [-0.4, -0.2) is 24.8 Å². The Labute approximate surface area is 112 Å². The van der Waals surface area contributed by atoms with Crippen molar-refractivity contribution in [2.24, 2.45) is 0 Å². The Kier molecular flexibility index (Phi) is 5.05. The van der Waals surface area contributed by atoms with Gasteiger partial charge in [-0.2, -0.15) is 0 Å². The van der Waals surface area contributed by atoms with Gasteiger partial charge in [0.1, 0.15) is 11.9 Å². The second kappa shape index (κ2) is 6.78. The second-order valence-corrected chi connectivity index (χ2v) is 4.73. The molecule has 0 aromatic carbocycles. The lowest BCUT2D eigenvalue weighted by molar-refractivity contribution is -0.186. The van der Waals surface area contributed by atoms with Crippen molar-refractivity contribution in [3.05, 3.63) is 35.7 Å². The zero-order valence-corrected chi connectivity index (χ0v) is 11.1. The lowest BCUT2D eigenvalue weighted by Gasteiger charge is -2.25. The molecule has 2 atom stereocenters. The number of Topliss-reactive ketones (excluding diaryl/α,β-unsaturated/α-hetero) is 1. The Bertz CT molecular complexity index is 417. The molecule has 0 N–H and O–H groups in total. The van der Waals surface area contributed by atoms with Crippen LogP contribution in [0.2, 0.25) is 0 Å². The lowest BCUT2D eigenvalue weighted by Crippen LogP contribution is -2.31. The van der Waals surface area contributed by atoms with Gasteiger partial charge in [-0.3, -0.25) is 4.79 Å². The second-order valence-electron chi connectivity index (χ2n) is 4.73. The summed E-state index contributed by atoms with van der Waals surface area (Å²) >= 11 is 0. The molecular weight excluding hydrogens is 247 g/mol. The highest BCUT2D eigenvalue weighted by atomic mass is 19.1. The van der Waals surface area contributed by atoms with Gasteiger partial charge in [0.2, 0.25) is 0 Å². The SMILES string of the molecule is CC(OC1CCCCO1)C(=O)C1=CCC=CC=C1F. The average Bonchev–Trinajstić information content (AvgIpc) is 2.63. The summed E-state index contributed by atoms with van der Waals surface area (Å²) < 4.78 is 24.7. The maximum atomic E-state index is 13.7. The lowest BCUT2D eigenvalue weighted by atomic mass is 10.1. The molecule has 19 heavy (non-hydrogen) atoms. The summed E-state index contributed by atoms with van der Waals surface area (Å²) in [5.74, 6) is -0.828. The Morgan fingerprint density at radius 2 is 2.37 bits per heavy atom. The van der Waals surface area contributed by atoms with Gasteiger partial charge >= 0.3 is 0 Å². The van der Waals surface area contributed by atoms with E-state index in [1.165, 1.54) is 6.08 Å². The van der Waals surface area contributed by atoms with Crippen LogP contribution in [0.3, 0.4) is 0 Å². The molecule has 0 saturated carbocycles. The molecule has 104 valence electrons. The van der Waals surface area contributed by atoms with Crippen LogP contribution in [-0.2, 0) is 14.3 Å². The highest BCUT2D eigenvalue weighted by Gasteiger charge is 2.25. The minimum absolute atomic E-state index is 0.105. The molecule has 0 spiro atoms. The van der Waals surface area contributed by atoms with Crippen molar-refractivity contribution < 1.29 is 18.7 Å². The summed E-state index contributed by atoms with van der Waals surface area (Å²) in [6.07, 6.45) is 8.68. The van der Waals surface area contributed by atoms with Crippen LogP contribution in [0.4, 0.5) is 4.39 Å². The summed E-state index contributed by atoms with van der Waals surface area (Å²) in [5, 5.41) is 0. The first-order valence-corrected chi connectivity index (χ1v) is 6.72. The summed E-state index contributed by atoms with van der Waals surface area (Å²) in [7, 11) is 0. The van der Waals surface area contributed by atoms with Gasteiger partial charge < -0.3 is 9.47 Å². The molecule has 2 aliphatic rings. The van der Waals surface area contributed by atoms with E-state index >= 15 is 0 Å². The third-order valence-electron chi connectivity index (χ3n) is 3.22. The number of allylic oxidation sites excluding steroid dienone is 5. The molecule has 0 amide bonds. The zero-order valence-electron chi connectivity index (χ0n) is 11.1. The first-order chi connectivity index (χ1) is 9.18. The van der Waals surface area contributed by atoms with Gasteiger partial charge in [0.15, 0.2) is 12.1 Å². The molecule has 0 aromatic rings. The van der Waals surface area contributed by atoms with Crippen LogP contribution < -0.4 is 0 Å². The van der Waals surface area contributed by atoms with Gasteiger partial charge in [-0.05, 0) is 38.7 Å². The molecule has 0 radical (unpaired) electrons. The molecule has 1 aliphatic heterocycles. The molecule has 2 rings (SSSR count). The van der Waals surface area contributed by atoms with Crippen molar-refractivity contribution in [3.8, 4) is 0 Å². The van der Waals surface area contributed by atoms with E-state index in [1.54, 1.807) is 25.2 Å². The third kappa shape index (κ3) is 3.85. The topological polar surface area (TPSA) is 35.5 Å². The Morgan fingerprint density at radius 3 is 3.11 bits per heavy atom. The van der Waals surface area contributed by atoms with Crippen molar-refractivity contribution in [2.45, 2.75) is 45.0 Å². The number of ketones is 1. The van der Waals surface area contributed by atoms with Crippen molar-refractivity contribution in [1.82, 2.24) is 0 Å². The molecule has 1 heterocycles. The van der Waals surface area contributed by atoms with E-state index < -0.39 is 11.9 Å². The predicted octanol–water partition coefficient (Wildman–Crippen LogP) is 3.23. The quantitative estimate of drug-likeness (QED) is 0.783. The van der Waals surface area contributed by atoms with Crippen molar-refractivity contribution in [1.29, 1.82) is 0 Å². The number of ether oxygens (including phenoxy) is 2. The van der Waals surface area contributed by atoms with E-state index in [2.05, 4.69) is 0 Å². The molecule has 0 aromatic heterocycles. The molecule has 1 aliphatic carbocycles. The normalized spacial score (nSPS) is 25.3. The summed E-state index contributed by atoms with van der Waals surface area (Å²) in [5.41, 5.74) is 0.105. The molecule has 1 saturated heterocycles. The fourth-order valence-electron chi connectivity index (χ4n) is 2.15. The van der Waals surface area contributed by atoms with Crippen molar-refractivity contribution in [3.63, 3.8) is 0 Å². The van der Waals surface area contributed by atoms with Crippen LogP contribution in [0.1, 0.15) is 32.6 Å². The smallest absolute Gasteiger partial charge is 0.194 e. The fraction of sp³-hybridized carbons (Fsp3) is 0.533. The largest absolute Gasteiger partial charge is 0.353 e. The minimum atomic E-state index is -0.688. The van der Waals surface area contributed by atoms with Crippen molar-refractivity contribution >= 4 is 5.78 Å². The summed E-state index contributed by atoms with van der Waals surface area (Å²) in [6, 6.07) is 0. The third-order valence-corrected chi connectivity index (χ3v) is 3.22. The number of carbonyl (C=O) groups is 1. The van der Waals surface area contributed by atoms with Gasteiger partial charge in [0.05, 0.1) is 5.57 Å². The van der Waals surface area contributed by atoms with E-state index in [0.29, 0.717) is 13.0 Å². The van der Waals surface area contributed by atoms with E-state index in [0.717, 1.165) is 19.3 Å². The molecule has 1 fully saturated rings. The van der Waals surface area contributed by atoms with E-state index in [-0.39, 0.29) is 17.6 Å². The van der Waals surface area contributed by atoms with Gasteiger partial charge in [0.25, 0.3) is 0 Å². The minimum Gasteiger partial charge on any atom is -0.353 e. The Hall–Kier alpha value is -1.26. The number of hydrogen-bond donors (Lipinski definition) is 0. The highest BCUT2D eigenvalue weighted by Crippen LogP contribution is 2.21. The Morgan fingerprint density at radius 1 is 1.53 bits per heavy atom. The molecular formula is C15H19FO3. The standard InChI is InChI=1S/C15H19FO3/c1-11(19-14-9-5-6-10-18-14)15(17)12-7-3-2-4-8-13(12)16/h2,4,7-8,11,14H,3,5-6,9-10H2,1H3. The first-order valence-electron chi connectivity index (χ1n) is 6.72. The fourth-order valence-corrected chi connectivity index (χ4v) is 2.15. The highest BCUT2D eigenvalue weighted by molar-refractivity contribution is 6.02. The van der Waals surface area contributed by atoms with Crippen molar-refractivity contribution in [2.75, 3.05) is 6.61 Å². The van der Waals surface area contributed by atoms with Gasteiger partial charge in [0, 0.05) is 6.61 Å². The van der Waals surface area contributed by atoms with E-state index in [1.807, 2.05) is 0 Å². The number of carbonyl (C=O) groups excluding carboxylic acids is 1. The maximum absolute atomic E-state index is 13.7. The van der Waals surface area contributed by atoms with Gasteiger partial charge in [-0.15, -0.1) is 0 Å². The first kappa shape index (κ1) is 14.2. The van der Waals surface area contributed by atoms with Crippen LogP contribution in [0.25, 0.3) is 0 Å². The summed E-state index contributed by atoms with van der Waals surface area (Å²) in [6.45, 7) is 2.30. The Balaban J connectivity index is 1.96. The monoisotopic (exact) mass is 266 g/mol. The number of hydrogen-bond acceptors (Lipinski definition) is 3. The van der Waals surface area contributed by atoms with Crippen LogP contribution in [0.5, 0.6) is 0 Å².